The van der Waals surface area contributed by atoms with Crippen LogP contribution in [0.2, 0.25) is 0 Å². The van der Waals surface area contributed by atoms with Crippen molar-refractivity contribution in [3.63, 3.8) is 0 Å². The van der Waals surface area contributed by atoms with Crippen molar-refractivity contribution in [2.75, 3.05) is 4.90 Å². The van der Waals surface area contributed by atoms with Gasteiger partial charge < -0.3 is 9.47 Å². The maximum atomic E-state index is 2.61. The van der Waals surface area contributed by atoms with Crippen LogP contribution in [0.4, 0.5) is 11.4 Å². The Bertz CT molecular complexity index is 1840. The number of anilines is 2. The van der Waals surface area contributed by atoms with Gasteiger partial charge in [0, 0.05) is 39.8 Å². The van der Waals surface area contributed by atoms with Gasteiger partial charge in [0.25, 0.3) is 0 Å². The number of allylic oxidation sites excluding steroid dienone is 1. The summed E-state index contributed by atoms with van der Waals surface area (Å²) in [6, 6.07) is 45.0. The smallest absolute Gasteiger partial charge is 0.0541 e. The fourth-order valence-electron chi connectivity index (χ4n) is 7.07. The molecule has 0 N–H and O–H groups in total. The molecule has 3 unspecified atom stereocenters. The monoisotopic (exact) mass is 502 g/mol. The number of hydrogen-bond donors (Lipinski definition) is 0. The highest BCUT2D eigenvalue weighted by molar-refractivity contribution is 6.09. The highest BCUT2D eigenvalue weighted by Crippen LogP contribution is 2.50. The van der Waals surface area contributed by atoms with E-state index in [0.717, 1.165) is 6.42 Å². The quantitative estimate of drug-likeness (QED) is 0.219. The molecule has 8 rings (SSSR count). The van der Waals surface area contributed by atoms with Crippen molar-refractivity contribution in [2.45, 2.75) is 25.3 Å². The molecular weight excluding hydrogens is 472 g/mol. The number of fused-ring (bicyclic) bond motifs is 6. The Hall–Kier alpha value is -4.56. The molecule has 188 valence electrons. The Labute approximate surface area is 229 Å². The molecule has 0 radical (unpaired) electrons. The van der Waals surface area contributed by atoms with Crippen molar-refractivity contribution in [3.05, 3.63) is 139 Å². The third-order valence-electron chi connectivity index (χ3n) is 8.80. The van der Waals surface area contributed by atoms with Crippen molar-refractivity contribution in [2.24, 2.45) is 5.92 Å². The van der Waals surface area contributed by atoms with Gasteiger partial charge in [0.15, 0.2) is 0 Å². The first kappa shape index (κ1) is 22.4. The summed E-state index contributed by atoms with van der Waals surface area (Å²) in [5, 5.41) is 2.58. The molecule has 1 aliphatic heterocycles. The highest BCUT2D eigenvalue weighted by atomic mass is 15.2. The van der Waals surface area contributed by atoms with Gasteiger partial charge in [-0.25, -0.2) is 0 Å². The minimum Gasteiger partial charge on any atom is -0.337 e. The van der Waals surface area contributed by atoms with Crippen molar-refractivity contribution in [3.8, 4) is 16.8 Å². The van der Waals surface area contributed by atoms with Crippen LogP contribution in [0.25, 0.3) is 38.6 Å². The average molecular weight is 503 g/mol. The normalized spacial score (nSPS) is 19.9. The Morgan fingerprint density at radius 1 is 0.615 bits per heavy atom. The predicted octanol–water partition coefficient (Wildman–Crippen LogP) is 9.65. The van der Waals surface area contributed by atoms with Crippen molar-refractivity contribution < 1.29 is 0 Å². The van der Waals surface area contributed by atoms with E-state index in [4.69, 9.17) is 0 Å². The second-order valence-corrected chi connectivity index (χ2v) is 11.1. The first-order valence-electron chi connectivity index (χ1n) is 14.0. The van der Waals surface area contributed by atoms with Crippen LogP contribution in [0.3, 0.4) is 0 Å². The molecule has 0 saturated heterocycles. The summed E-state index contributed by atoms with van der Waals surface area (Å²) in [6.45, 7) is 2.40. The van der Waals surface area contributed by atoms with Crippen LogP contribution in [0.5, 0.6) is 0 Å². The molecule has 0 fully saturated rings. The lowest BCUT2D eigenvalue weighted by Gasteiger charge is -2.36. The van der Waals surface area contributed by atoms with Crippen LogP contribution >= 0.6 is 0 Å². The predicted molar refractivity (Wildman–Crippen MR) is 164 cm³/mol. The van der Waals surface area contributed by atoms with E-state index in [9.17, 15) is 0 Å². The van der Waals surface area contributed by atoms with E-state index in [0.29, 0.717) is 17.9 Å². The maximum absolute atomic E-state index is 2.61. The SMILES string of the molecule is CC1CC=CC2c3ccccc3N(c3cccc(-c4cccc(-n5c6ccccc6c6ccccc65)c4)c3)C12. The third-order valence-corrected chi connectivity index (χ3v) is 8.80. The number of aromatic nitrogens is 1. The molecule has 2 heterocycles. The molecule has 1 aliphatic carbocycles. The average Bonchev–Trinajstić information content (AvgIpc) is 3.52. The lowest BCUT2D eigenvalue weighted by Crippen LogP contribution is -2.37. The van der Waals surface area contributed by atoms with E-state index in [2.05, 4.69) is 150 Å². The largest absolute Gasteiger partial charge is 0.337 e. The molecule has 3 atom stereocenters. The molecule has 0 saturated carbocycles. The zero-order chi connectivity index (χ0) is 25.9. The van der Waals surface area contributed by atoms with Crippen LogP contribution < -0.4 is 4.90 Å². The van der Waals surface area contributed by atoms with Gasteiger partial charge in [-0.3, -0.25) is 0 Å². The van der Waals surface area contributed by atoms with Crippen molar-refractivity contribution in [1.29, 1.82) is 0 Å². The summed E-state index contributed by atoms with van der Waals surface area (Å²) < 4.78 is 2.40. The van der Waals surface area contributed by atoms with E-state index >= 15 is 0 Å². The molecular formula is C37H30N2. The zero-order valence-electron chi connectivity index (χ0n) is 22.0. The molecule has 0 amide bonds. The van der Waals surface area contributed by atoms with E-state index in [1.54, 1.807) is 0 Å². The van der Waals surface area contributed by atoms with Gasteiger partial charge in [-0.1, -0.05) is 97.9 Å². The molecule has 2 aliphatic rings. The van der Waals surface area contributed by atoms with E-state index in [1.807, 2.05) is 0 Å². The van der Waals surface area contributed by atoms with Gasteiger partial charge in [-0.2, -0.15) is 0 Å². The van der Waals surface area contributed by atoms with E-state index in [-0.39, 0.29) is 0 Å². The van der Waals surface area contributed by atoms with Crippen LogP contribution in [-0.4, -0.2) is 10.6 Å². The summed E-state index contributed by atoms with van der Waals surface area (Å²) in [7, 11) is 0. The van der Waals surface area contributed by atoms with Gasteiger partial charge >= 0.3 is 0 Å². The lowest BCUT2D eigenvalue weighted by molar-refractivity contribution is 0.424. The molecule has 0 bridgehead atoms. The second kappa shape index (κ2) is 8.74. The summed E-state index contributed by atoms with van der Waals surface area (Å²) in [5.41, 5.74) is 10.2. The fraction of sp³-hybridized carbons (Fsp3) is 0.135. The van der Waals surface area contributed by atoms with Gasteiger partial charge in [-0.05, 0) is 71.5 Å². The number of benzene rings is 5. The number of hydrogen-bond acceptors (Lipinski definition) is 1. The highest BCUT2D eigenvalue weighted by Gasteiger charge is 2.41. The molecule has 0 spiro atoms. The molecule has 1 aromatic heterocycles. The van der Waals surface area contributed by atoms with Gasteiger partial charge in [0.05, 0.1) is 11.0 Å². The van der Waals surface area contributed by atoms with Gasteiger partial charge in [-0.15, -0.1) is 0 Å². The topological polar surface area (TPSA) is 8.17 Å². The van der Waals surface area contributed by atoms with Crippen LogP contribution in [0.1, 0.15) is 24.8 Å². The molecule has 2 heteroatoms. The minimum atomic E-state index is 0.451. The minimum absolute atomic E-state index is 0.451. The third kappa shape index (κ3) is 3.41. The van der Waals surface area contributed by atoms with E-state index < -0.39 is 0 Å². The first-order valence-corrected chi connectivity index (χ1v) is 14.0. The first-order chi connectivity index (χ1) is 19.3. The lowest BCUT2D eigenvalue weighted by atomic mass is 9.81. The molecule has 5 aromatic carbocycles. The molecule has 6 aromatic rings. The van der Waals surface area contributed by atoms with Crippen molar-refractivity contribution >= 4 is 33.2 Å². The number of para-hydroxylation sites is 3. The van der Waals surface area contributed by atoms with Crippen molar-refractivity contribution in [1.82, 2.24) is 4.57 Å². The Morgan fingerprint density at radius 3 is 1.97 bits per heavy atom. The summed E-state index contributed by atoms with van der Waals surface area (Å²) >= 11 is 0. The van der Waals surface area contributed by atoms with Gasteiger partial charge in [0.2, 0.25) is 0 Å². The van der Waals surface area contributed by atoms with Crippen LogP contribution in [-0.2, 0) is 0 Å². The summed E-state index contributed by atoms with van der Waals surface area (Å²) in [5.74, 6) is 1.04. The zero-order valence-corrected chi connectivity index (χ0v) is 22.0. The summed E-state index contributed by atoms with van der Waals surface area (Å²) in [4.78, 5) is 2.61. The van der Waals surface area contributed by atoms with Gasteiger partial charge in [0.1, 0.15) is 0 Å². The fourth-order valence-corrected chi connectivity index (χ4v) is 7.07. The maximum Gasteiger partial charge on any atom is 0.0541 e. The van der Waals surface area contributed by atoms with Crippen LogP contribution in [0.15, 0.2) is 133 Å². The molecule has 39 heavy (non-hydrogen) atoms. The Morgan fingerprint density at radius 2 is 1.23 bits per heavy atom. The second-order valence-electron chi connectivity index (χ2n) is 11.1. The number of rotatable bonds is 3. The standard InChI is InChI=1S/C37H30N2/c1-25-11-8-19-33-32-18-4-7-22-36(32)39(37(25)33)29-15-10-13-27(24-29)26-12-9-14-28(23-26)38-34-20-5-2-16-30(34)31-17-3-6-21-35(31)38/h2-10,12-25,33,37H,11H2,1H3. The van der Waals surface area contributed by atoms with Crippen LogP contribution in [0, 0.1) is 5.92 Å². The van der Waals surface area contributed by atoms with E-state index in [1.165, 1.54) is 55.6 Å². The summed E-state index contributed by atoms with van der Waals surface area (Å²) in [6.07, 6.45) is 5.94. The number of nitrogens with zero attached hydrogens (tertiary/aromatic N) is 2. The molecule has 2 nitrogen and oxygen atoms in total. The Kier molecular flexibility index (Phi) is 5.03. The Balaban J connectivity index is 1.25.